The zero-order valence-electron chi connectivity index (χ0n) is 10.8. The number of aliphatic hydroxyl groups excluding tert-OH is 1. The molecule has 1 aromatic heterocycles. The second-order valence-electron chi connectivity index (χ2n) is 3.96. The lowest BCUT2D eigenvalue weighted by Gasteiger charge is -2.07. The van der Waals surface area contributed by atoms with E-state index in [1.807, 2.05) is 43.4 Å². The van der Waals surface area contributed by atoms with Crippen molar-refractivity contribution in [2.24, 2.45) is 0 Å². The predicted octanol–water partition coefficient (Wildman–Crippen LogP) is 2.66. The Labute approximate surface area is 117 Å². The van der Waals surface area contributed by atoms with Crippen molar-refractivity contribution in [3.8, 4) is 11.4 Å². The highest BCUT2D eigenvalue weighted by Gasteiger charge is 2.06. The fourth-order valence-corrected chi connectivity index (χ4v) is 2.41. The molecule has 0 atom stereocenters. The van der Waals surface area contributed by atoms with Crippen LogP contribution in [0.5, 0.6) is 0 Å². The van der Waals surface area contributed by atoms with Gasteiger partial charge in [0, 0.05) is 31.0 Å². The van der Waals surface area contributed by atoms with Gasteiger partial charge in [-0.25, -0.2) is 9.97 Å². The standard InChI is InChI=1S/C14H17N3OS/c1-15-12-10-13(19-9-5-8-18)17-14(16-12)11-6-3-2-4-7-11/h2-4,6-7,10,18H,5,8-9H2,1H3,(H,15,16,17). The minimum absolute atomic E-state index is 0.211. The number of hydrogen-bond donors (Lipinski definition) is 2. The van der Waals surface area contributed by atoms with Gasteiger partial charge < -0.3 is 10.4 Å². The Hall–Kier alpha value is -1.59. The van der Waals surface area contributed by atoms with Gasteiger partial charge in [-0.05, 0) is 6.42 Å². The van der Waals surface area contributed by atoms with Crippen LogP contribution < -0.4 is 5.32 Å². The number of nitrogens with zero attached hydrogens (tertiary/aromatic N) is 2. The minimum atomic E-state index is 0.211. The maximum Gasteiger partial charge on any atom is 0.162 e. The van der Waals surface area contributed by atoms with Crippen molar-refractivity contribution in [2.75, 3.05) is 24.7 Å². The van der Waals surface area contributed by atoms with E-state index in [0.29, 0.717) is 0 Å². The zero-order valence-corrected chi connectivity index (χ0v) is 11.7. The molecule has 0 amide bonds. The minimum Gasteiger partial charge on any atom is -0.396 e. The molecule has 2 rings (SSSR count). The Morgan fingerprint density at radius 3 is 2.68 bits per heavy atom. The average Bonchev–Trinajstić information content (AvgIpc) is 2.48. The molecule has 0 aliphatic heterocycles. The van der Waals surface area contributed by atoms with E-state index < -0.39 is 0 Å². The van der Waals surface area contributed by atoms with Gasteiger partial charge in [-0.1, -0.05) is 30.3 Å². The summed E-state index contributed by atoms with van der Waals surface area (Å²) in [5, 5.41) is 12.8. The molecule has 2 aromatic rings. The molecule has 4 nitrogen and oxygen atoms in total. The number of aromatic nitrogens is 2. The summed E-state index contributed by atoms with van der Waals surface area (Å²) in [5.74, 6) is 2.38. The first-order valence-corrected chi connectivity index (χ1v) is 7.18. The highest BCUT2D eigenvalue weighted by atomic mass is 32.2. The lowest BCUT2D eigenvalue weighted by Crippen LogP contribution is -1.98. The maximum absolute atomic E-state index is 8.82. The molecule has 1 aromatic carbocycles. The maximum atomic E-state index is 8.82. The topological polar surface area (TPSA) is 58.0 Å². The van der Waals surface area contributed by atoms with Crippen LogP contribution in [0, 0.1) is 0 Å². The van der Waals surface area contributed by atoms with Crippen molar-refractivity contribution in [3.05, 3.63) is 36.4 Å². The number of rotatable bonds is 6. The van der Waals surface area contributed by atoms with Crippen LogP contribution in [0.1, 0.15) is 6.42 Å². The van der Waals surface area contributed by atoms with Crippen molar-refractivity contribution in [1.82, 2.24) is 9.97 Å². The monoisotopic (exact) mass is 275 g/mol. The lowest BCUT2D eigenvalue weighted by molar-refractivity contribution is 0.296. The first-order valence-electron chi connectivity index (χ1n) is 6.19. The Bertz CT molecular complexity index is 519. The summed E-state index contributed by atoms with van der Waals surface area (Å²) in [7, 11) is 1.85. The highest BCUT2D eigenvalue weighted by molar-refractivity contribution is 7.99. The van der Waals surface area contributed by atoms with Gasteiger partial charge in [0.1, 0.15) is 10.8 Å². The first kappa shape index (κ1) is 13.8. The molecule has 0 fully saturated rings. The van der Waals surface area contributed by atoms with Crippen molar-refractivity contribution in [2.45, 2.75) is 11.4 Å². The third kappa shape index (κ3) is 3.94. The first-order chi connectivity index (χ1) is 9.33. The van der Waals surface area contributed by atoms with Crippen LogP contribution >= 0.6 is 11.8 Å². The van der Waals surface area contributed by atoms with E-state index in [0.717, 1.165) is 34.4 Å². The van der Waals surface area contributed by atoms with E-state index in [1.165, 1.54) is 0 Å². The van der Waals surface area contributed by atoms with Gasteiger partial charge in [0.2, 0.25) is 0 Å². The Morgan fingerprint density at radius 2 is 2.00 bits per heavy atom. The number of aliphatic hydroxyl groups is 1. The van der Waals surface area contributed by atoms with Gasteiger partial charge in [0.15, 0.2) is 5.82 Å². The van der Waals surface area contributed by atoms with Gasteiger partial charge in [-0.3, -0.25) is 0 Å². The number of nitrogens with one attached hydrogen (secondary N) is 1. The fraction of sp³-hybridized carbons (Fsp3) is 0.286. The molecule has 1 heterocycles. The highest BCUT2D eigenvalue weighted by Crippen LogP contribution is 2.23. The molecule has 2 N–H and O–H groups in total. The summed E-state index contributed by atoms with van der Waals surface area (Å²) in [4.78, 5) is 9.02. The SMILES string of the molecule is CNc1cc(SCCCO)nc(-c2ccccc2)n1. The largest absolute Gasteiger partial charge is 0.396 e. The molecular formula is C14H17N3OS. The van der Waals surface area contributed by atoms with Crippen molar-refractivity contribution in [3.63, 3.8) is 0 Å². The van der Waals surface area contributed by atoms with Crippen LogP contribution in [0.25, 0.3) is 11.4 Å². The van der Waals surface area contributed by atoms with Gasteiger partial charge in [-0.2, -0.15) is 0 Å². The second-order valence-corrected chi connectivity index (χ2v) is 5.07. The third-order valence-corrected chi connectivity index (χ3v) is 3.54. The van der Waals surface area contributed by atoms with Crippen molar-refractivity contribution < 1.29 is 5.11 Å². The third-order valence-electron chi connectivity index (χ3n) is 2.54. The van der Waals surface area contributed by atoms with Crippen LogP contribution in [-0.2, 0) is 0 Å². The van der Waals surface area contributed by atoms with Crippen molar-refractivity contribution >= 4 is 17.6 Å². The molecule has 19 heavy (non-hydrogen) atoms. The molecule has 0 bridgehead atoms. The fourth-order valence-electron chi connectivity index (χ4n) is 1.58. The Balaban J connectivity index is 2.26. The summed E-state index contributed by atoms with van der Waals surface area (Å²) in [6.07, 6.45) is 0.768. The predicted molar refractivity (Wildman–Crippen MR) is 79.4 cm³/mol. The zero-order chi connectivity index (χ0) is 13.5. The molecule has 0 aliphatic rings. The molecule has 0 spiro atoms. The summed E-state index contributed by atoms with van der Waals surface area (Å²) < 4.78 is 0. The van der Waals surface area contributed by atoms with Crippen molar-refractivity contribution in [1.29, 1.82) is 0 Å². The molecule has 0 aliphatic carbocycles. The summed E-state index contributed by atoms with van der Waals surface area (Å²) >= 11 is 1.63. The van der Waals surface area contributed by atoms with Gasteiger partial charge in [0.25, 0.3) is 0 Å². The normalized spacial score (nSPS) is 10.4. The molecule has 0 saturated carbocycles. The smallest absolute Gasteiger partial charge is 0.162 e. The molecule has 0 radical (unpaired) electrons. The van der Waals surface area contributed by atoms with Gasteiger partial charge in [0.05, 0.1) is 0 Å². The molecule has 5 heteroatoms. The van der Waals surface area contributed by atoms with Crippen LogP contribution in [0.3, 0.4) is 0 Å². The van der Waals surface area contributed by atoms with Gasteiger partial charge >= 0.3 is 0 Å². The number of benzene rings is 1. The Morgan fingerprint density at radius 1 is 1.21 bits per heavy atom. The summed E-state index contributed by atoms with van der Waals surface area (Å²) in [6.45, 7) is 0.211. The molecule has 0 saturated heterocycles. The number of hydrogen-bond acceptors (Lipinski definition) is 5. The lowest BCUT2D eigenvalue weighted by atomic mass is 10.2. The van der Waals surface area contributed by atoms with E-state index in [1.54, 1.807) is 11.8 Å². The molecule has 0 unspecified atom stereocenters. The van der Waals surface area contributed by atoms with E-state index >= 15 is 0 Å². The van der Waals surface area contributed by atoms with E-state index in [2.05, 4.69) is 15.3 Å². The van der Waals surface area contributed by atoms with Crippen LogP contribution in [0.2, 0.25) is 0 Å². The molecule has 100 valence electrons. The quantitative estimate of drug-likeness (QED) is 0.482. The summed E-state index contributed by atoms with van der Waals surface area (Å²) in [6, 6.07) is 11.8. The van der Waals surface area contributed by atoms with E-state index in [-0.39, 0.29) is 6.61 Å². The molecular weight excluding hydrogens is 258 g/mol. The van der Waals surface area contributed by atoms with Gasteiger partial charge in [-0.15, -0.1) is 11.8 Å². The number of thioether (sulfide) groups is 1. The summed E-state index contributed by atoms with van der Waals surface area (Å²) in [5.41, 5.74) is 1.00. The number of anilines is 1. The van der Waals surface area contributed by atoms with Crippen LogP contribution in [0.15, 0.2) is 41.4 Å². The van der Waals surface area contributed by atoms with Crippen LogP contribution in [0.4, 0.5) is 5.82 Å². The Kier molecular flexibility index (Phi) is 5.18. The van der Waals surface area contributed by atoms with Crippen LogP contribution in [-0.4, -0.2) is 34.5 Å². The average molecular weight is 275 g/mol. The van der Waals surface area contributed by atoms with E-state index in [4.69, 9.17) is 5.11 Å². The van der Waals surface area contributed by atoms with E-state index in [9.17, 15) is 0 Å². The second kappa shape index (κ2) is 7.11.